The fraction of sp³-hybridized carbons (Fsp3) is 0.400. The monoisotopic (exact) mass is 710 g/mol. The lowest BCUT2D eigenvalue weighted by molar-refractivity contribution is -0.138. The molecule has 1 saturated heterocycles. The first-order chi connectivity index (χ1) is 24.2. The number of carbonyl (C=O) groups excluding carboxylic acids is 1. The van der Waals surface area contributed by atoms with E-state index in [0.29, 0.717) is 19.5 Å². The highest BCUT2D eigenvalue weighted by molar-refractivity contribution is 6.10. The van der Waals surface area contributed by atoms with E-state index in [1.807, 2.05) is 11.0 Å². The Labute approximate surface area is 288 Å². The molecule has 266 valence electrons. The van der Waals surface area contributed by atoms with Gasteiger partial charge in [-0.2, -0.15) is 31.6 Å². The van der Waals surface area contributed by atoms with E-state index >= 15 is 0 Å². The number of aliphatic hydroxyl groups is 1. The van der Waals surface area contributed by atoms with E-state index < -0.39 is 42.0 Å². The number of pyridine rings is 1. The second-order valence-corrected chi connectivity index (χ2v) is 13.4. The number of nitrogens with zero attached hydrogens (tertiary/aromatic N) is 7. The van der Waals surface area contributed by atoms with Crippen LogP contribution < -0.4 is 10.2 Å². The molecule has 2 aromatic heterocycles. The van der Waals surface area contributed by atoms with Gasteiger partial charge < -0.3 is 15.0 Å². The van der Waals surface area contributed by atoms with E-state index in [-0.39, 0.29) is 75.8 Å². The lowest BCUT2D eigenvalue weighted by Gasteiger charge is -2.20. The normalized spacial score (nSPS) is 18.4. The molecule has 16 heteroatoms. The molecule has 1 spiro atoms. The maximum Gasteiger partial charge on any atom is 0.416 e. The van der Waals surface area contributed by atoms with Crippen LogP contribution in [0.1, 0.15) is 58.3 Å². The van der Waals surface area contributed by atoms with E-state index in [1.54, 1.807) is 7.05 Å². The van der Waals surface area contributed by atoms with Crippen molar-refractivity contribution in [1.82, 2.24) is 24.6 Å². The number of halogens is 6. The lowest BCUT2D eigenvalue weighted by Crippen LogP contribution is -2.25. The van der Waals surface area contributed by atoms with E-state index in [2.05, 4.69) is 20.5 Å². The molecule has 1 saturated carbocycles. The molecule has 0 radical (unpaired) electrons. The highest BCUT2D eigenvalue weighted by Crippen LogP contribution is 2.53. The van der Waals surface area contributed by atoms with Crippen molar-refractivity contribution in [3.05, 3.63) is 76.6 Å². The van der Waals surface area contributed by atoms with Gasteiger partial charge in [-0.15, -0.1) is 10.2 Å². The summed E-state index contributed by atoms with van der Waals surface area (Å²) in [6.45, 7) is 0.778. The third-order valence-corrected chi connectivity index (χ3v) is 9.85. The number of nitriles is 1. The SMILES string of the molecule is Cn1cnnc1-c1ccc(C(F)(F)F)cc1-c1cc(NCCCC#N)nc(N2Cc3c(cc(CN4CC(O)C5(CC5)C4)cc3C(F)(F)F)C2=O)c1. The van der Waals surface area contributed by atoms with Crippen LogP contribution in [0.15, 0.2) is 48.8 Å². The van der Waals surface area contributed by atoms with Crippen molar-refractivity contribution < 1.29 is 36.2 Å². The Kier molecular flexibility index (Phi) is 8.54. The summed E-state index contributed by atoms with van der Waals surface area (Å²) < 4.78 is 87.2. The fourth-order valence-corrected chi connectivity index (χ4v) is 7.05. The number of nitrogens with one attached hydrogen (secondary N) is 1. The summed E-state index contributed by atoms with van der Waals surface area (Å²) in [5.74, 6) is -0.421. The zero-order valence-corrected chi connectivity index (χ0v) is 27.3. The van der Waals surface area contributed by atoms with Gasteiger partial charge in [-0.3, -0.25) is 14.6 Å². The molecular weight excluding hydrogens is 678 g/mol. The predicted molar refractivity (Wildman–Crippen MR) is 173 cm³/mol. The number of aryl methyl sites for hydroxylation is 1. The van der Waals surface area contributed by atoms with Crippen LogP contribution >= 0.6 is 0 Å². The Balaban J connectivity index is 1.30. The van der Waals surface area contributed by atoms with Gasteiger partial charge in [0.25, 0.3) is 5.91 Å². The van der Waals surface area contributed by atoms with Crippen LogP contribution in [0.2, 0.25) is 0 Å². The summed E-state index contributed by atoms with van der Waals surface area (Å²) >= 11 is 0. The molecule has 1 unspecified atom stereocenters. The molecule has 1 aliphatic carbocycles. The van der Waals surface area contributed by atoms with Gasteiger partial charge in [0.05, 0.1) is 29.8 Å². The smallest absolute Gasteiger partial charge is 0.391 e. The van der Waals surface area contributed by atoms with Crippen molar-refractivity contribution in [2.75, 3.05) is 29.9 Å². The zero-order chi connectivity index (χ0) is 36.3. The van der Waals surface area contributed by atoms with Crippen molar-refractivity contribution in [2.45, 2.75) is 57.2 Å². The van der Waals surface area contributed by atoms with E-state index in [9.17, 15) is 36.2 Å². The molecule has 1 atom stereocenters. The van der Waals surface area contributed by atoms with Gasteiger partial charge in [0.1, 0.15) is 18.0 Å². The maximum absolute atomic E-state index is 14.5. The molecule has 10 nitrogen and oxygen atoms in total. The Bertz CT molecular complexity index is 2050. The van der Waals surface area contributed by atoms with Crippen molar-refractivity contribution in [1.29, 1.82) is 5.26 Å². The Morgan fingerprint density at radius 3 is 2.47 bits per heavy atom. The lowest BCUT2D eigenvalue weighted by atomic mass is 9.96. The number of β-amino-alcohol motifs (C(OH)–C–C–N with tert-alkyl or cyclic N) is 1. The number of alkyl halides is 6. The number of aromatic nitrogens is 4. The summed E-state index contributed by atoms with van der Waals surface area (Å²) in [4.78, 5) is 21.5. The molecule has 4 aromatic rings. The van der Waals surface area contributed by atoms with Crippen molar-refractivity contribution in [3.63, 3.8) is 0 Å². The number of hydrogen-bond acceptors (Lipinski definition) is 8. The number of carbonyl (C=O) groups is 1. The molecule has 0 bridgehead atoms. The number of amides is 1. The molecule has 2 aliphatic heterocycles. The van der Waals surface area contributed by atoms with Gasteiger partial charge in [0.15, 0.2) is 5.82 Å². The molecule has 51 heavy (non-hydrogen) atoms. The van der Waals surface area contributed by atoms with Crippen LogP contribution in [0.5, 0.6) is 0 Å². The molecule has 1 amide bonds. The summed E-state index contributed by atoms with van der Waals surface area (Å²) in [7, 11) is 1.62. The Morgan fingerprint density at radius 1 is 1.04 bits per heavy atom. The van der Waals surface area contributed by atoms with E-state index in [1.165, 1.54) is 35.2 Å². The number of aliphatic hydroxyl groups excluding tert-OH is 1. The van der Waals surface area contributed by atoms with Gasteiger partial charge in [0.2, 0.25) is 0 Å². The molecule has 2 aromatic carbocycles. The van der Waals surface area contributed by atoms with E-state index in [0.717, 1.165) is 35.9 Å². The summed E-state index contributed by atoms with van der Waals surface area (Å²) in [5.41, 5.74) is -1.66. The molecular formula is C35H32F6N8O2. The highest BCUT2D eigenvalue weighted by Gasteiger charge is 2.54. The first kappa shape index (κ1) is 34.4. The van der Waals surface area contributed by atoms with Gasteiger partial charge >= 0.3 is 12.4 Å². The quantitative estimate of drug-likeness (QED) is 0.151. The Hall–Kier alpha value is -5.01. The van der Waals surface area contributed by atoms with Gasteiger partial charge in [0, 0.05) is 56.2 Å². The van der Waals surface area contributed by atoms with Crippen LogP contribution in [-0.4, -0.2) is 61.4 Å². The maximum atomic E-state index is 14.5. The van der Waals surface area contributed by atoms with Crippen molar-refractivity contribution in [3.8, 4) is 28.6 Å². The minimum Gasteiger partial charge on any atom is -0.391 e. The standard InChI is InChI=1S/C35H32F6N8O2/c1-47-19-44-46-31(47)23-5-4-22(34(36,37)38)14-24(23)21-12-29(43-9-3-2-8-42)45-30(13-21)49-16-26-25(32(49)51)10-20(11-27(26)35(39,40)41)15-48-17-28(50)33(18-48)6-7-33/h4-5,10-14,19,28,50H,2-3,6-7,9,15-18H2,1H3,(H,43,45). The van der Waals surface area contributed by atoms with Gasteiger partial charge in [-0.05, 0) is 84.0 Å². The minimum atomic E-state index is -4.79. The van der Waals surface area contributed by atoms with Crippen LogP contribution in [0, 0.1) is 16.7 Å². The summed E-state index contributed by atoms with van der Waals surface area (Å²) in [5, 5.41) is 30.4. The number of unbranched alkanes of at least 4 members (excludes halogenated alkanes) is 1. The molecule has 3 aliphatic rings. The number of likely N-dealkylation sites (tertiary alicyclic amines) is 1. The third kappa shape index (κ3) is 6.63. The average molecular weight is 711 g/mol. The Morgan fingerprint density at radius 2 is 1.82 bits per heavy atom. The average Bonchev–Trinajstić information content (AvgIpc) is 3.46. The fourth-order valence-electron chi connectivity index (χ4n) is 7.05. The number of rotatable bonds is 9. The molecule has 2 N–H and O–H groups in total. The topological polar surface area (TPSA) is 123 Å². The summed E-state index contributed by atoms with van der Waals surface area (Å²) in [6.07, 6.45) is -6.32. The van der Waals surface area contributed by atoms with Crippen LogP contribution in [0.3, 0.4) is 0 Å². The second-order valence-electron chi connectivity index (χ2n) is 13.4. The third-order valence-electron chi connectivity index (χ3n) is 9.85. The molecule has 4 heterocycles. The van der Waals surface area contributed by atoms with Gasteiger partial charge in [-0.25, -0.2) is 4.98 Å². The van der Waals surface area contributed by atoms with Crippen LogP contribution in [-0.2, 0) is 32.5 Å². The highest BCUT2D eigenvalue weighted by atomic mass is 19.4. The predicted octanol–water partition coefficient (Wildman–Crippen LogP) is 6.41. The van der Waals surface area contributed by atoms with Gasteiger partial charge in [-0.1, -0.05) is 0 Å². The number of anilines is 2. The van der Waals surface area contributed by atoms with Crippen molar-refractivity contribution in [2.24, 2.45) is 12.5 Å². The van der Waals surface area contributed by atoms with Crippen LogP contribution in [0.25, 0.3) is 22.5 Å². The number of hydrogen-bond donors (Lipinski definition) is 2. The number of benzene rings is 2. The number of fused-ring (bicyclic) bond motifs is 1. The minimum absolute atomic E-state index is 0.0771. The summed E-state index contributed by atoms with van der Waals surface area (Å²) in [6, 6.07) is 10.5. The first-order valence-corrected chi connectivity index (χ1v) is 16.3. The zero-order valence-electron chi connectivity index (χ0n) is 27.3. The second kappa shape index (κ2) is 12.6. The first-order valence-electron chi connectivity index (χ1n) is 16.3. The van der Waals surface area contributed by atoms with Crippen LogP contribution in [0.4, 0.5) is 38.0 Å². The van der Waals surface area contributed by atoms with Crippen molar-refractivity contribution >= 4 is 17.5 Å². The van der Waals surface area contributed by atoms with E-state index in [4.69, 9.17) is 5.26 Å². The molecule has 2 fully saturated rings. The largest absolute Gasteiger partial charge is 0.416 e. The molecule has 7 rings (SSSR count).